The second-order valence-electron chi connectivity index (χ2n) is 5.36. The third kappa shape index (κ3) is 2.01. The average Bonchev–Trinajstić information content (AvgIpc) is 3.11. The van der Waals surface area contributed by atoms with Gasteiger partial charge in [-0.2, -0.15) is 0 Å². The minimum absolute atomic E-state index is 0.655. The molecule has 1 N–H and O–H groups in total. The molecule has 1 aromatic rings. The largest absolute Gasteiger partial charge is 0.481 e. The fourth-order valence-corrected chi connectivity index (χ4v) is 3.15. The Balaban J connectivity index is 1.89. The maximum absolute atomic E-state index is 11.6. The number of carboxylic acid groups (broad SMARTS) is 1. The third-order valence-electron chi connectivity index (χ3n) is 4.31. The second-order valence-corrected chi connectivity index (χ2v) is 5.36. The Morgan fingerprint density at radius 3 is 2.42 bits per heavy atom. The highest BCUT2D eigenvalue weighted by molar-refractivity contribution is 5.83. The van der Waals surface area contributed by atoms with Crippen LogP contribution in [0, 0.1) is 0 Å². The minimum atomic E-state index is -0.680. The first-order valence-corrected chi connectivity index (χ1v) is 6.83. The topological polar surface area (TPSA) is 52.9 Å². The molecule has 4 heteroatoms. The van der Waals surface area contributed by atoms with Gasteiger partial charge in [0.1, 0.15) is 0 Å². The van der Waals surface area contributed by atoms with Crippen molar-refractivity contribution in [1.29, 1.82) is 0 Å². The van der Waals surface area contributed by atoms with Crippen LogP contribution in [-0.2, 0) is 10.2 Å². The lowest BCUT2D eigenvalue weighted by atomic mass is 9.79. The van der Waals surface area contributed by atoms with Gasteiger partial charge in [0.15, 0.2) is 0 Å². The zero-order valence-corrected chi connectivity index (χ0v) is 10.9. The van der Waals surface area contributed by atoms with E-state index in [0.717, 1.165) is 50.0 Å². The zero-order chi connectivity index (χ0) is 13.3. The van der Waals surface area contributed by atoms with E-state index in [-0.39, 0.29) is 0 Å². The van der Waals surface area contributed by atoms with E-state index >= 15 is 0 Å². The van der Waals surface area contributed by atoms with Gasteiger partial charge in [-0.1, -0.05) is 25.0 Å². The highest BCUT2D eigenvalue weighted by atomic mass is 16.4. The van der Waals surface area contributed by atoms with Crippen molar-refractivity contribution in [1.82, 2.24) is 0 Å². The zero-order valence-electron chi connectivity index (χ0n) is 10.9. The summed E-state index contributed by atoms with van der Waals surface area (Å²) in [5.41, 5.74) is 1.37. The lowest BCUT2D eigenvalue weighted by molar-refractivity contribution is -0.143. The van der Waals surface area contributed by atoms with Crippen LogP contribution >= 0.6 is 0 Å². The summed E-state index contributed by atoms with van der Waals surface area (Å²) in [7, 11) is 0. The summed E-state index contributed by atoms with van der Waals surface area (Å²) in [5, 5.41) is 9.57. The van der Waals surface area contributed by atoms with Gasteiger partial charge >= 0.3 is 5.97 Å². The van der Waals surface area contributed by atoms with Crippen LogP contribution in [0.3, 0.4) is 0 Å². The normalized spacial score (nSPS) is 20.9. The lowest BCUT2D eigenvalue weighted by Gasteiger charge is -2.25. The summed E-state index contributed by atoms with van der Waals surface area (Å²) in [4.78, 5) is 17.9. The number of carbonyl (C=O) groups is 1. The standard InChI is InChI=1S/C15H18N2O2/c18-14(19)15(7-1-2-8-15)12-3-5-13(6-4-12)17-10-9-16-11-17/h3-6,11H,1-2,7-10H2,(H,18,19). The molecule has 1 saturated carbocycles. The number of anilines is 1. The second kappa shape index (κ2) is 4.68. The van der Waals surface area contributed by atoms with E-state index in [0.29, 0.717) is 0 Å². The fraction of sp³-hybridized carbons (Fsp3) is 0.467. The average molecular weight is 258 g/mol. The van der Waals surface area contributed by atoms with E-state index in [4.69, 9.17) is 0 Å². The number of rotatable bonds is 3. The van der Waals surface area contributed by atoms with E-state index in [1.54, 1.807) is 0 Å². The molecule has 0 saturated heterocycles. The molecule has 2 aliphatic rings. The van der Waals surface area contributed by atoms with Crippen LogP contribution < -0.4 is 4.90 Å². The summed E-state index contributed by atoms with van der Waals surface area (Å²) in [6, 6.07) is 7.97. The maximum Gasteiger partial charge on any atom is 0.314 e. The summed E-state index contributed by atoms with van der Waals surface area (Å²) in [6.07, 6.45) is 5.37. The van der Waals surface area contributed by atoms with Crippen LogP contribution in [0.1, 0.15) is 31.2 Å². The molecule has 4 nitrogen and oxygen atoms in total. The molecule has 0 unspecified atom stereocenters. The molecule has 1 aliphatic heterocycles. The van der Waals surface area contributed by atoms with E-state index in [1.807, 2.05) is 30.6 Å². The van der Waals surface area contributed by atoms with Crippen molar-refractivity contribution >= 4 is 18.0 Å². The third-order valence-corrected chi connectivity index (χ3v) is 4.31. The molecule has 0 bridgehead atoms. The van der Waals surface area contributed by atoms with Crippen LogP contribution in [0.2, 0.25) is 0 Å². The lowest BCUT2D eigenvalue weighted by Crippen LogP contribution is -2.32. The van der Waals surface area contributed by atoms with Crippen molar-refractivity contribution in [3.63, 3.8) is 0 Å². The predicted molar refractivity (Wildman–Crippen MR) is 74.9 cm³/mol. The quantitative estimate of drug-likeness (QED) is 0.906. The Kier molecular flexibility index (Phi) is 3.01. The minimum Gasteiger partial charge on any atom is -0.481 e. The van der Waals surface area contributed by atoms with Crippen molar-refractivity contribution in [3.8, 4) is 0 Å². The number of nitrogens with zero attached hydrogens (tertiary/aromatic N) is 2. The van der Waals surface area contributed by atoms with E-state index in [2.05, 4.69) is 9.89 Å². The number of carboxylic acids is 1. The van der Waals surface area contributed by atoms with E-state index < -0.39 is 11.4 Å². The Hall–Kier alpha value is -1.84. The van der Waals surface area contributed by atoms with Crippen LogP contribution in [0.5, 0.6) is 0 Å². The number of benzene rings is 1. The van der Waals surface area contributed by atoms with Crippen molar-refractivity contribution in [2.75, 3.05) is 18.0 Å². The predicted octanol–water partition coefficient (Wildman–Crippen LogP) is 2.43. The first-order chi connectivity index (χ1) is 9.22. The van der Waals surface area contributed by atoms with E-state index in [9.17, 15) is 9.90 Å². The number of aliphatic carboxylic acids is 1. The summed E-state index contributed by atoms with van der Waals surface area (Å²) >= 11 is 0. The molecule has 0 aromatic heterocycles. The molecule has 1 fully saturated rings. The van der Waals surface area contributed by atoms with Crippen LogP contribution in [0.25, 0.3) is 0 Å². The maximum atomic E-state index is 11.6. The van der Waals surface area contributed by atoms with Crippen LogP contribution in [0.4, 0.5) is 5.69 Å². The Labute approximate surface area is 112 Å². The smallest absolute Gasteiger partial charge is 0.314 e. The van der Waals surface area contributed by atoms with Gasteiger partial charge in [0.05, 0.1) is 18.3 Å². The summed E-state index contributed by atoms with van der Waals surface area (Å²) in [6.45, 7) is 1.74. The van der Waals surface area contributed by atoms with Gasteiger partial charge in [-0.15, -0.1) is 0 Å². The van der Waals surface area contributed by atoms with E-state index in [1.165, 1.54) is 0 Å². The summed E-state index contributed by atoms with van der Waals surface area (Å²) < 4.78 is 0. The van der Waals surface area contributed by atoms with Gasteiger partial charge in [0.25, 0.3) is 0 Å². The Morgan fingerprint density at radius 2 is 1.89 bits per heavy atom. The highest BCUT2D eigenvalue weighted by Gasteiger charge is 2.42. The molecule has 19 heavy (non-hydrogen) atoms. The fourth-order valence-electron chi connectivity index (χ4n) is 3.15. The van der Waals surface area contributed by atoms with Gasteiger partial charge in [-0.05, 0) is 30.5 Å². The van der Waals surface area contributed by atoms with Gasteiger partial charge < -0.3 is 10.0 Å². The monoisotopic (exact) mass is 258 g/mol. The van der Waals surface area contributed by atoms with Crippen molar-refractivity contribution in [2.24, 2.45) is 4.99 Å². The van der Waals surface area contributed by atoms with Gasteiger partial charge in [0.2, 0.25) is 0 Å². The molecule has 0 amide bonds. The van der Waals surface area contributed by atoms with Crippen molar-refractivity contribution < 1.29 is 9.90 Å². The van der Waals surface area contributed by atoms with Gasteiger partial charge in [-0.3, -0.25) is 9.79 Å². The molecular formula is C15H18N2O2. The van der Waals surface area contributed by atoms with Crippen LogP contribution in [0.15, 0.2) is 29.3 Å². The molecule has 1 aliphatic carbocycles. The molecule has 0 radical (unpaired) electrons. The summed E-state index contributed by atoms with van der Waals surface area (Å²) in [5.74, 6) is -0.680. The molecule has 100 valence electrons. The molecule has 0 spiro atoms. The molecule has 0 atom stereocenters. The van der Waals surface area contributed by atoms with Crippen molar-refractivity contribution in [2.45, 2.75) is 31.1 Å². The Bertz CT molecular complexity index is 501. The molecule has 3 rings (SSSR count). The Morgan fingerprint density at radius 1 is 1.21 bits per heavy atom. The number of aliphatic imine (C=N–C) groups is 1. The first-order valence-electron chi connectivity index (χ1n) is 6.83. The van der Waals surface area contributed by atoms with Gasteiger partial charge in [-0.25, -0.2) is 0 Å². The highest BCUT2D eigenvalue weighted by Crippen LogP contribution is 2.41. The number of hydrogen-bond acceptors (Lipinski definition) is 3. The molecular weight excluding hydrogens is 240 g/mol. The van der Waals surface area contributed by atoms with Crippen LogP contribution in [-0.4, -0.2) is 30.5 Å². The SMILES string of the molecule is O=C(O)C1(c2ccc(N3C=NCC3)cc2)CCCC1. The molecule has 1 heterocycles. The van der Waals surface area contributed by atoms with Gasteiger partial charge in [0, 0.05) is 12.2 Å². The van der Waals surface area contributed by atoms with Crippen molar-refractivity contribution in [3.05, 3.63) is 29.8 Å². The molecule has 1 aromatic carbocycles. The number of hydrogen-bond donors (Lipinski definition) is 1. The first kappa shape index (κ1) is 12.2.